The third kappa shape index (κ3) is 4.13. The van der Waals surface area contributed by atoms with Crippen LogP contribution in [0.15, 0.2) is 36.5 Å². The van der Waals surface area contributed by atoms with Crippen LogP contribution in [0.25, 0.3) is 10.9 Å². The molecule has 174 valence electrons. The monoisotopic (exact) mass is 458 g/mol. The highest BCUT2D eigenvalue weighted by molar-refractivity contribution is 5.99. The van der Waals surface area contributed by atoms with Crippen LogP contribution in [-0.4, -0.2) is 26.8 Å². The lowest BCUT2D eigenvalue weighted by atomic mass is 9.99. The fourth-order valence-electron chi connectivity index (χ4n) is 4.37. The number of alkyl halides is 3. The molecule has 3 aromatic rings. The molecule has 1 unspecified atom stereocenters. The molecule has 0 saturated heterocycles. The molecular formula is C24H25F3N4O2. The summed E-state index contributed by atoms with van der Waals surface area (Å²) in [6.45, 7) is 7.76. The van der Waals surface area contributed by atoms with Gasteiger partial charge in [-0.15, -0.1) is 0 Å². The summed E-state index contributed by atoms with van der Waals surface area (Å²) in [7, 11) is 0. The van der Waals surface area contributed by atoms with Crippen LogP contribution in [0, 0.1) is 0 Å². The summed E-state index contributed by atoms with van der Waals surface area (Å²) >= 11 is 0. The number of hydrogen-bond acceptors (Lipinski definition) is 5. The molecule has 2 N–H and O–H groups in total. The number of hydrogen-bond donors (Lipinski definition) is 1. The molecular weight excluding hydrogens is 433 g/mol. The number of pyridine rings is 2. The van der Waals surface area contributed by atoms with E-state index in [-0.39, 0.29) is 18.1 Å². The largest absolute Gasteiger partial charge is 0.417 e. The smallest absolute Gasteiger partial charge is 0.383 e. The molecule has 1 aromatic carbocycles. The first kappa shape index (κ1) is 23.0. The predicted molar refractivity (Wildman–Crippen MR) is 118 cm³/mol. The molecule has 33 heavy (non-hydrogen) atoms. The molecule has 6 nitrogen and oxygen atoms in total. The van der Waals surface area contributed by atoms with Crippen LogP contribution in [0.2, 0.25) is 0 Å². The number of carbonyl (C=O) groups excluding carboxylic acids is 1. The van der Waals surface area contributed by atoms with Gasteiger partial charge in [0.05, 0.1) is 35.5 Å². The normalized spacial score (nSPS) is 16.8. The Morgan fingerprint density at radius 2 is 1.94 bits per heavy atom. The van der Waals surface area contributed by atoms with Crippen molar-refractivity contribution in [2.24, 2.45) is 0 Å². The van der Waals surface area contributed by atoms with E-state index < -0.39 is 17.8 Å². The van der Waals surface area contributed by atoms with Gasteiger partial charge in [-0.1, -0.05) is 0 Å². The van der Waals surface area contributed by atoms with Gasteiger partial charge in [0.1, 0.15) is 5.82 Å². The average molecular weight is 458 g/mol. The minimum absolute atomic E-state index is 0.172. The first-order valence-electron chi connectivity index (χ1n) is 10.7. The number of rotatable bonds is 4. The lowest BCUT2D eigenvalue weighted by Gasteiger charge is -2.33. The highest BCUT2D eigenvalue weighted by Gasteiger charge is 2.32. The van der Waals surface area contributed by atoms with E-state index in [1.807, 2.05) is 20.8 Å². The molecule has 9 heteroatoms. The third-order valence-electron chi connectivity index (χ3n) is 6.04. The van der Waals surface area contributed by atoms with E-state index in [1.165, 1.54) is 6.07 Å². The Bertz CT molecular complexity index is 1210. The zero-order valence-corrected chi connectivity index (χ0v) is 18.8. The number of halogens is 3. The first-order valence-corrected chi connectivity index (χ1v) is 10.7. The van der Waals surface area contributed by atoms with Crippen molar-refractivity contribution in [3.05, 3.63) is 64.5 Å². The molecule has 0 aliphatic carbocycles. The molecule has 1 aliphatic rings. The lowest BCUT2D eigenvalue weighted by Crippen LogP contribution is -2.39. The summed E-state index contributed by atoms with van der Waals surface area (Å²) in [5, 5.41) is 0.804. The molecule has 0 spiro atoms. The van der Waals surface area contributed by atoms with Crippen LogP contribution in [0.3, 0.4) is 0 Å². The van der Waals surface area contributed by atoms with Crippen LogP contribution in [-0.2, 0) is 17.5 Å². The zero-order valence-electron chi connectivity index (χ0n) is 18.8. The molecule has 1 amide bonds. The van der Waals surface area contributed by atoms with Gasteiger partial charge in [0.25, 0.3) is 5.91 Å². The van der Waals surface area contributed by atoms with Crippen molar-refractivity contribution < 1.29 is 22.7 Å². The van der Waals surface area contributed by atoms with E-state index in [9.17, 15) is 18.0 Å². The van der Waals surface area contributed by atoms with Crippen molar-refractivity contribution in [3.8, 4) is 0 Å². The summed E-state index contributed by atoms with van der Waals surface area (Å²) in [5.41, 5.74) is 8.55. The van der Waals surface area contributed by atoms with Gasteiger partial charge in [-0.2, -0.15) is 13.2 Å². The second-order valence-electron chi connectivity index (χ2n) is 8.53. The van der Waals surface area contributed by atoms with E-state index in [1.54, 1.807) is 30.0 Å². The number of ether oxygens (including phenoxy) is 1. The van der Waals surface area contributed by atoms with E-state index in [4.69, 9.17) is 10.5 Å². The van der Waals surface area contributed by atoms with E-state index in [2.05, 4.69) is 9.97 Å². The Morgan fingerprint density at radius 3 is 2.55 bits per heavy atom. The van der Waals surface area contributed by atoms with Crippen molar-refractivity contribution >= 4 is 22.6 Å². The maximum absolute atomic E-state index is 13.5. The summed E-state index contributed by atoms with van der Waals surface area (Å²) in [5.74, 6) is 0.172. The Hall–Kier alpha value is -3.20. The van der Waals surface area contributed by atoms with Crippen LogP contribution < -0.4 is 5.73 Å². The third-order valence-corrected chi connectivity index (χ3v) is 6.04. The Kier molecular flexibility index (Phi) is 5.78. The predicted octanol–water partition coefficient (Wildman–Crippen LogP) is 5.43. The Labute approximate surface area is 189 Å². The summed E-state index contributed by atoms with van der Waals surface area (Å²) < 4.78 is 44.4. The maximum Gasteiger partial charge on any atom is 0.417 e. The number of benzene rings is 1. The summed E-state index contributed by atoms with van der Waals surface area (Å²) in [6, 6.07) is 6.77. The lowest BCUT2D eigenvalue weighted by molar-refractivity contribution is -0.137. The maximum atomic E-state index is 13.5. The van der Waals surface area contributed by atoms with E-state index in [0.29, 0.717) is 29.2 Å². The summed E-state index contributed by atoms with van der Waals surface area (Å²) in [6.07, 6.45) is -3.84. The van der Waals surface area contributed by atoms with Gasteiger partial charge < -0.3 is 15.4 Å². The van der Waals surface area contributed by atoms with E-state index in [0.717, 1.165) is 28.8 Å². The zero-order chi connectivity index (χ0) is 24.1. The number of nitrogen functional groups attached to an aromatic ring is 1. The topological polar surface area (TPSA) is 81.3 Å². The van der Waals surface area contributed by atoms with Gasteiger partial charge in [0.15, 0.2) is 0 Å². The van der Waals surface area contributed by atoms with Gasteiger partial charge in [0.2, 0.25) is 0 Å². The van der Waals surface area contributed by atoms with Crippen molar-refractivity contribution in [2.75, 3.05) is 5.73 Å². The van der Waals surface area contributed by atoms with Gasteiger partial charge in [-0.3, -0.25) is 9.78 Å². The molecule has 2 atom stereocenters. The van der Waals surface area contributed by atoms with Crippen molar-refractivity contribution in [2.45, 2.75) is 58.7 Å². The number of nitrogens with zero attached hydrogens (tertiary/aromatic N) is 3. The van der Waals surface area contributed by atoms with Gasteiger partial charge in [-0.05, 0) is 63.6 Å². The molecule has 4 rings (SSSR count). The number of aromatic nitrogens is 2. The fraction of sp³-hybridized carbons (Fsp3) is 0.375. The van der Waals surface area contributed by atoms with Gasteiger partial charge >= 0.3 is 6.18 Å². The van der Waals surface area contributed by atoms with Gasteiger partial charge in [0, 0.05) is 28.8 Å². The minimum Gasteiger partial charge on any atom is -0.383 e. The van der Waals surface area contributed by atoms with Crippen LogP contribution in [0.4, 0.5) is 19.0 Å². The van der Waals surface area contributed by atoms with Crippen LogP contribution >= 0.6 is 0 Å². The minimum atomic E-state index is -4.47. The molecule has 3 heterocycles. The number of carbonyl (C=O) groups is 1. The number of nitrogens with two attached hydrogens (primary N) is 1. The van der Waals surface area contributed by atoms with Crippen molar-refractivity contribution in [1.29, 1.82) is 0 Å². The number of anilines is 1. The first-order chi connectivity index (χ1) is 15.5. The molecule has 0 radical (unpaired) electrons. The SMILES string of the molecule is CC(C)N(C(=O)c1ccc2nc(N)c3c(c2c1)CO[C@@H]3C)C(C)c1ccc(C(F)(F)F)cn1. The highest BCUT2D eigenvalue weighted by atomic mass is 19.4. The molecule has 2 aromatic heterocycles. The quantitative estimate of drug-likeness (QED) is 0.564. The van der Waals surface area contributed by atoms with Crippen molar-refractivity contribution in [1.82, 2.24) is 14.9 Å². The molecule has 0 saturated carbocycles. The molecule has 1 aliphatic heterocycles. The fourth-order valence-corrected chi connectivity index (χ4v) is 4.37. The standard InChI is InChI=1S/C24H25F3N4O2/c1-12(2)31(13(3)19-8-6-16(10-29-19)24(25,26)27)23(32)15-5-7-20-17(9-15)18-11-33-14(4)21(18)22(28)30-20/h5-10,12-14H,11H2,1-4H3,(H2,28,30)/t13?,14-/m1/s1. The second-order valence-corrected chi connectivity index (χ2v) is 8.53. The van der Waals surface area contributed by atoms with Crippen LogP contribution in [0.5, 0.6) is 0 Å². The van der Waals surface area contributed by atoms with Gasteiger partial charge in [-0.25, -0.2) is 4.98 Å². The highest BCUT2D eigenvalue weighted by Crippen LogP contribution is 2.38. The number of amides is 1. The number of fused-ring (bicyclic) bond motifs is 3. The summed E-state index contributed by atoms with van der Waals surface area (Å²) in [4.78, 5) is 23.6. The second kappa shape index (κ2) is 8.30. The average Bonchev–Trinajstić information content (AvgIpc) is 3.15. The molecule has 0 bridgehead atoms. The van der Waals surface area contributed by atoms with Crippen molar-refractivity contribution in [3.63, 3.8) is 0 Å². The van der Waals surface area contributed by atoms with E-state index >= 15 is 0 Å². The Morgan fingerprint density at radius 1 is 1.21 bits per heavy atom. The van der Waals surface area contributed by atoms with Crippen LogP contribution in [0.1, 0.15) is 72.6 Å². The Balaban J connectivity index is 1.70. The molecule has 0 fully saturated rings.